The van der Waals surface area contributed by atoms with Crippen molar-refractivity contribution in [3.05, 3.63) is 29.3 Å². The van der Waals surface area contributed by atoms with Gasteiger partial charge in [-0.15, -0.1) is 0 Å². The zero-order valence-corrected chi connectivity index (χ0v) is 12.4. The normalized spacial score (nSPS) is 14.5. The molecule has 1 heterocycles. The van der Waals surface area contributed by atoms with E-state index in [1.807, 2.05) is 32.0 Å². The number of carboxylic acids is 1. The number of nitrogens with zero attached hydrogens (tertiary/aromatic N) is 2. The summed E-state index contributed by atoms with van der Waals surface area (Å²) in [6.07, 6.45) is 0.359. The highest BCUT2D eigenvalue weighted by molar-refractivity contribution is 6.40. The first kappa shape index (κ1) is 15.7. The summed E-state index contributed by atoms with van der Waals surface area (Å²) in [7, 11) is 0. The van der Waals surface area contributed by atoms with Crippen LogP contribution in [-0.4, -0.2) is 35.1 Å². The van der Waals surface area contributed by atoms with E-state index < -0.39 is 18.4 Å². The van der Waals surface area contributed by atoms with E-state index in [1.165, 1.54) is 5.01 Å². The van der Waals surface area contributed by atoms with Gasteiger partial charge in [0.15, 0.2) is 0 Å². The number of aryl methyl sites for hydroxylation is 2. The number of anilines is 1. The third-order valence-corrected chi connectivity index (χ3v) is 3.29. The average molecular weight is 303 g/mol. The van der Waals surface area contributed by atoms with Crippen molar-refractivity contribution in [1.82, 2.24) is 5.32 Å². The Balaban J connectivity index is 2.28. The lowest BCUT2D eigenvalue weighted by molar-refractivity contribution is -0.137. The van der Waals surface area contributed by atoms with E-state index in [2.05, 4.69) is 10.4 Å². The first-order valence-corrected chi connectivity index (χ1v) is 6.86. The Bertz CT molecular complexity index is 667. The van der Waals surface area contributed by atoms with Crippen LogP contribution in [0.15, 0.2) is 23.3 Å². The molecule has 116 valence electrons. The fourth-order valence-electron chi connectivity index (χ4n) is 2.11. The second-order valence-corrected chi connectivity index (χ2v) is 5.12. The summed E-state index contributed by atoms with van der Waals surface area (Å²) in [5.41, 5.74) is 2.64. The molecule has 22 heavy (non-hydrogen) atoms. The molecule has 7 nitrogen and oxygen atoms in total. The molecule has 0 atom stereocenters. The van der Waals surface area contributed by atoms with E-state index in [1.54, 1.807) is 0 Å². The van der Waals surface area contributed by atoms with Crippen LogP contribution in [0.4, 0.5) is 5.69 Å². The summed E-state index contributed by atoms with van der Waals surface area (Å²) in [6, 6.07) is 5.64. The van der Waals surface area contributed by atoms with Crippen LogP contribution in [0.5, 0.6) is 0 Å². The van der Waals surface area contributed by atoms with Crippen LogP contribution in [0.1, 0.15) is 24.0 Å². The van der Waals surface area contributed by atoms with Crippen LogP contribution in [0, 0.1) is 13.8 Å². The molecule has 1 aromatic carbocycles. The maximum Gasteiger partial charge on any atom is 0.322 e. The number of nitrogens with one attached hydrogen (secondary N) is 1. The number of benzene rings is 1. The monoisotopic (exact) mass is 303 g/mol. The van der Waals surface area contributed by atoms with E-state index in [9.17, 15) is 14.4 Å². The van der Waals surface area contributed by atoms with E-state index >= 15 is 0 Å². The second-order valence-electron chi connectivity index (χ2n) is 5.12. The van der Waals surface area contributed by atoms with Gasteiger partial charge < -0.3 is 10.4 Å². The molecule has 0 saturated heterocycles. The van der Waals surface area contributed by atoms with Gasteiger partial charge in [-0.05, 0) is 31.0 Å². The highest BCUT2D eigenvalue weighted by atomic mass is 16.4. The minimum absolute atomic E-state index is 0.154. The number of aliphatic carboxylic acids is 1. The number of hydrazone groups is 1. The maximum absolute atomic E-state index is 12.1. The molecule has 0 aliphatic carbocycles. The van der Waals surface area contributed by atoms with E-state index in [0.717, 1.165) is 11.1 Å². The molecular weight excluding hydrogens is 286 g/mol. The number of carboxylic acid groups (broad SMARTS) is 1. The molecule has 0 radical (unpaired) electrons. The number of hydrogen-bond donors (Lipinski definition) is 2. The van der Waals surface area contributed by atoms with Gasteiger partial charge in [0.1, 0.15) is 12.3 Å². The smallest absolute Gasteiger partial charge is 0.322 e. The second kappa shape index (κ2) is 6.38. The molecule has 1 aliphatic rings. The van der Waals surface area contributed by atoms with Crippen molar-refractivity contribution >= 4 is 29.2 Å². The average Bonchev–Trinajstić information content (AvgIpc) is 2.48. The van der Waals surface area contributed by atoms with E-state index in [0.29, 0.717) is 5.69 Å². The number of amides is 2. The van der Waals surface area contributed by atoms with Crippen LogP contribution in [0.25, 0.3) is 0 Å². The molecule has 0 aromatic heterocycles. The van der Waals surface area contributed by atoms with Crippen molar-refractivity contribution in [2.45, 2.75) is 26.7 Å². The topological polar surface area (TPSA) is 99.1 Å². The van der Waals surface area contributed by atoms with Gasteiger partial charge in [0.25, 0.3) is 5.91 Å². The van der Waals surface area contributed by atoms with Gasteiger partial charge in [-0.25, -0.2) is 5.01 Å². The molecule has 0 unspecified atom stereocenters. The first-order valence-electron chi connectivity index (χ1n) is 6.86. The minimum Gasteiger partial charge on any atom is -0.480 e. The van der Waals surface area contributed by atoms with Gasteiger partial charge in [-0.2, -0.15) is 5.10 Å². The van der Waals surface area contributed by atoms with E-state index in [-0.39, 0.29) is 24.5 Å². The third kappa shape index (κ3) is 3.49. The van der Waals surface area contributed by atoms with Crippen molar-refractivity contribution in [3.63, 3.8) is 0 Å². The van der Waals surface area contributed by atoms with Crippen molar-refractivity contribution in [1.29, 1.82) is 0 Å². The summed E-state index contributed by atoms with van der Waals surface area (Å²) in [5.74, 6) is -1.89. The van der Waals surface area contributed by atoms with Gasteiger partial charge in [0.05, 0.1) is 5.69 Å². The number of carbonyl (C=O) groups is 3. The lowest BCUT2D eigenvalue weighted by atomic mass is 10.1. The number of carbonyl (C=O) groups excluding carboxylic acids is 2. The van der Waals surface area contributed by atoms with Gasteiger partial charge in [-0.3, -0.25) is 14.4 Å². The Kier molecular flexibility index (Phi) is 4.55. The Morgan fingerprint density at radius 1 is 1.32 bits per heavy atom. The van der Waals surface area contributed by atoms with Crippen molar-refractivity contribution in [2.75, 3.05) is 11.6 Å². The van der Waals surface area contributed by atoms with Crippen molar-refractivity contribution < 1.29 is 19.5 Å². The molecule has 0 fully saturated rings. The lowest BCUT2D eigenvalue weighted by Crippen LogP contribution is -2.40. The van der Waals surface area contributed by atoms with E-state index in [4.69, 9.17) is 5.11 Å². The highest BCUT2D eigenvalue weighted by Gasteiger charge is 2.26. The summed E-state index contributed by atoms with van der Waals surface area (Å²) in [6.45, 7) is 3.28. The summed E-state index contributed by atoms with van der Waals surface area (Å²) < 4.78 is 0. The molecule has 2 N–H and O–H groups in total. The fraction of sp³-hybridized carbons (Fsp3) is 0.333. The SMILES string of the molecule is Cc1ccc(C)c(N2N=C(C(=O)NCC(=O)O)CCC2=O)c1. The Hall–Kier alpha value is -2.70. The molecule has 7 heteroatoms. The molecule has 2 amide bonds. The van der Waals surface area contributed by atoms with Crippen molar-refractivity contribution in [3.8, 4) is 0 Å². The van der Waals surface area contributed by atoms with Crippen molar-refractivity contribution in [2.24, 2.45) is 5.10 Å². The largest absolute Gasteiger partial charge is 0.480 e. The lowest BCUT2D eigenvalue weighted by Gasteiger charge is -2.24. The predicted molar refractivity (Wildman–Crippen MR) is 80.7 cm³/mol. The molecule has 2 rings (SSSR count). The third-order valence-electron chi connectivity index (χ3n) is 3.29. The Morgan fingerprint density at radius 3 is 2.73 bits per heavy atom. The van der Waals surface area contributed by atoms with Crippen LogP contribution in [-0.2, 0) is 14.4 Å². The quantitative estimate of drug-likeness (QED) is 0.866. The van der Waals surface area contributed by atoms with Crippen LogP contribution in [0.3, 0.4) is 0 Å². The first-order chi connectivity index (χ1) is 10.4. The maximum atomic E-state index is 12.1. The molecule has 0 bridgehead atoms. The number of rotatable bonds is 4. The standard InChI is InChI=1S/C15H17N3O4/c1-9-3-4-10(2)12(7-9)18-13(19)6-5-11(17-18)15(22)16-8-14(20)21/h3-4,7H,5-6,8H2,1-2H3,(H,16,22)(H,20,21). The molecule has 1 aliphatic heterocycles. The molecule has 0 saturated carbocycles. The number of hydrogen-bond acceptors (Lipinski definition) is 4. The van der Waals surface area contributed by atoms with Gasteiger partial charge in [0, 0.05) is 12.8 Å². The summed E-state index contributed by atoms with van der Waals surface area (Å²) in [5, 5.41) is 16.2. The fourth-order valence-corrected chi connectivity index (χ4v) is 2.11. The van der Waals surface area contributed by atoms with Gasteiger partial charge in [-0.1, -0.05) is 12.1 Å². The molecule has 0 spiro atoms. The Morgan fingerprint density at radius 2 is 2.05 bits per heavy atom. The van der Waals surface area contributed by atoms with Crippen LogP contribution in [0.2, 0.25) is 0 Å². The van der Waals surface area contributed by atoms with Crippen LogP contribution >= 0.6 is 0 Å². The zero-order valence-electron chi connectivity index (χ0n) is 12.4. The zero-order chi connectivity index (χ0) is 16.3. The highest BCUT2D eigenvalue weighted by Crippen LogP contribution is 2.25. The Labute approximate surface area is 127 Å². The predicted octanol–water partition coefficient (Wildman–Crippen LogP) is 0.987. The van der Waals surface area contributed by atoms with Gasteiger partial charge in [0.2, 0.25) is 5.91 Å². The minimum atomic E-state index is -1.13. The summed E-state index contributed by atoms with van der Waals surface area (Å²) >= 11 is 0. The van der Waals surface area contributed by atoms with Crippen LogP contribution < -0.4 is 10.3 Å². The van der Waals surface area contributed by atoms with Gasteiger partial charge >= 0.3 is 5.97 Å². The molecule has 1 aromatic rings. The summed E-state index contributed by atoms with van der Waals surface area (Å²) in [4.78, 5) is 34.5. The molecular formula is C15H17N3O4.